The third-order valence-electron chi connectivity index (χ3n) is 5.43. The van der Waals surface area contributed by atoms with Crippen molar-refractivity contribution in [2.45, 2.75) is 78.2 Å². The molecule has 2 rings (SSSR count). The zero-order valence-electron chi connectivity index (χ0n) is 16.8. The van der Waals surface area contributed by atoms with Crippen molar-refractivity contribution in [1.29, 1.82) is 0 Å². The number of nitrogens with zero attached hydrogens (tertiary/aromatic N) is 1. The van der Waals surface area contributed by atoms with Crippen LogP contribution in [0.2, 0.25) is 0 Å². The van der Waals surface area contributed by atoms with Crippen LogP contribution in [-0.2, 0) is 9.59 Å². The van der Waals surface area contributed by atoms with E-state index in [-0.39, 0.29) is 35.6 Å². The molecule has 1 saturated heterocycles. The van der Waals surface area contributed by atoms with E-state index in [4.69, 9.17) is 0 Å². The van der Waals surface area contributed by atoms with Gasteiger partial charge in [-0.25, -0.2) is 0 Å². The monoisotopic (exact) mass is 387 g/mol. The van der Waals surface area contributed by atoms with E-state index >= 15 is 0 Å². The van der Waals surface area contributed by atoms with Crippen LogP contribution in [-0.4, -0.2) is 48.9 Å². The van der Waals surface area contributed by atoms with Gasteiger partial charge in [0, 0.05) is 37.6 Å². The molecule has 1 aliphatic carbocycles. The summed E-state index contributed by atoms with van der Waals surface area (Å²) in [6.45, 7) is 8.70. The minimum atomic E-state index is -0.374. The highest BCUT2D eigenvalue weighted by atomic mass is 35.5. The molecule has 2 fully saturated rings. The smallest absolute Gasteiger partial charge is 0.227 e. The Morgan fingerprint density at radius 3 is 2.23 bits per heavy atom. The van der Waals surface area contributed by atoms with Crippen LogP contribution in [0.1, 0.15) is 72.1 Å². The molecule has 1 aliphatic heterocycles. The van der Waals surface area contributed by atoms with Crippen LogP contribution >= 0.6 is 12.4 Å². The van der Waals surface area contributed by atoms with E-state index < -0.39 is 0 Å². The Balaban J connectivity index is 0.00000338. The SMILES string of the molecule is CC(C)(C)C(=O)N1CCCC(C(=O)NCCNC2CCCCCC2)C1.Cl. The lowest BCUT2D eigenvalue weighted by Crippen LogP contribution is -2.49. The number of nitrogens with one attached hydrogen (secondary N) is 2. The number of hydrogen-bond acceptors (Lipinski definition) is 3. The second kappa shape index (κ2) is 11.1. The van der Waals surface area contributed by atoms with Gasteiger partial charge in [0.25, 0.3) is 0 Å². The second-order valence-electron chi connectivity index (χ2n) is 8.77. The minimum absolute atomic E-state index is 0. The molecular formula is C20H38ClN3O2. The molecule has 0 spiro atoms. The molecule has 0 bridgehead atoms. The third-order valence-corrected chi connectivity index (χ3v) is 5.43. The molecule has 2 amide bonds. The van der Waals surface area contributed by atoms with Crippen molar-refractivity contribution >= 4 is 24.2 Å². The normalized spacial score (nSPS) is 22.3. The molecule has 2 aliphatic rings. The van der Waals surface area contributed by atoms with Crippen LogP contribution in [0, 0.1) is 11.3 Å². The average molecular weight is 388 g/mol. The summed E-state index contributed by atoms with van der Waals surface area (Å²) in [5, 5.41) is 6.65. The van der Waals surface area contributed by atoms with Crippen molar-refractivity contribution in [2.24, 2.45) is 11.3 Å². The molecular weight excluding hydrogens is 350 g/mol. The molecule has 26 heavy (non-hydrogen) atoms. The lowest BCUT2D eigenvalue weighted by atomic mass is 9.91. The molecule has 1 unspecified atom stereocenters. The molecule has 152 valence electrons. The summed E-state index contributed by atoms with van der Waals surface area (Å²) >= 11 is 0. The summed E-state index contributed by atoms with van der Waals surface area (Å²) in [4.78, 5) is 26.8. The fourth-order valence-corrected chi connectivity index (χ4v) is 3.94. The molecule has 0 radical (unpaired) electrons. The number of likely N-dealkylation sites (tertiary alicyclic amines) is 1. The molecule has 0 aromatic heterocycles. The Kier molecular flexibility index (Phi) is 9.94. The van der Waals surface area contributed by atoms with E-state index in [9.17, 15) is 9.59 Å². The van der Waals surface area contributed by atoms with E-state index in [0.717, 1.165) is 25.9 Å². The largest absolute Gasteiger partial charge is 0.355 e. The Hall–Kier alpha value is -0.810. The quantitative estimate of drug-likeness (QED) is 0.562. The van der Waals surface area contributed by atoms with Crippen LogP contribution in [0.4, 0.5) is 0 Å². The molecule has 0 aromatic carbocycles. The number of hydrogen-bond donors (Lipinski definition) is 2. The Bertz CT molecular complexity index is 443. The van der Waals surface area contributed by atoms with Crippen molar-refractivity contribution in [2.75, 3.05) is 26.2 Å². The summed E-state index contributed by atoms with van der Waals surface area (Å²) in [6.07, 6.45) is 9.70. The first kappa shape index (κ1) is 23.2. The summed E-state index contributed by atoms with van der Waals surface area (Å²) in [5.41, 5.74) is -0.374. The highest BCUT2D eigenvalue weighted by Crippen LogP contribution is 2.23. The zero-order chi connectivity index (χ0) is 18.3. The molecule has 1 atom stereocenters. The van der Waals surface area contributed by atoms with Crippen LogP contribution in [0.3, 0.4) is 0 Å². The van der Waals surface area contributed by atoms with Gasteiger partial charge in [0.05, 0.1) is 5.92 Å². The van der Waals surface area contributed by atoms with Crippen LogP contribution < -0.4 is 10.6 Å². The first-order valence-corrected chi connectivity index (χ1v) is 10.2. The van der Waals surface area contributed by atoms with E-state index in [1.807, 2.05) is 25.7 Å². The molecule has 1 saturated carbocycles. The van der Waals surface area contributed by atoms with Crippen LogP contribution in [0.15, 0.2) is 0 Å². The van der Waals surface area contributed by atoms with E-state index in [1.165, 1.54) is 38.5 Å². The maximum absolute atomic E-state index is 12.4. The second-order valence-corrected chi connectivity index (χ2v) is 8.77. The Morgan fingerprint density at radius 1 is 0.962 bits per heavy atom. The van der Waals surface area contributed by atoms with Crippen LogP contribution in [0.25, 0.3) is 0 Å². The number of amides is 2. The summed E-state index contributed by atoms with van der Waals surface area (Å²) in [5.74, 6) is 0.201. The van der Waals surface area contributed by atoms with Crippen molar-refractivity contribution < 1.29 is 9.59 Å². The number of carbonyl (C=O) groups is 2. The van der Waals surface area contributed by atoms with Crippen LogP contribution in [0.5, 0.6) is 0 Å². The fraction of sp³-hybridized carbons (Fsp3) is 0.900. The first-order chi connectivity index (χ1) is 11.9. The van der Waals surface area contributed by atoms with E-state index in [0.29, 0.717) is 19.1 Å². The highest BCUT2D eigenvalue weighted by molar-refractivity contribution is 5.85. The predicted octanol–water partition coefficient (Wildman–Crippen LogP) is 3.12. The summed E-state index contributed by atoms with van der Waals surface area (Å²) < 4.78 is 0. The van der Waals surface area contributed by atoms with Gasteiger partial charge in [0.1, 0.15) is 0 Å². The Morgan fingerprint density at radius 2 is 1.62 bits per heavy atom. The number of piperidine rings is 1. The minimum Gasteiger partial charge on any atom is -0.355 e. The summed E-state index contributed by atoms with van der Waals surface area (Å²) in [6, 6.07) is 0.619. The van der Waals surface area contributed by atoms with Crippen molar-refractivity contribution in [3.63, 3.8) is 0 Å². The number of rotatable bonds is 5. The lowest BCUT2D eigenvalue weighted by molar-refractivity contribution is -0.142. The van der Waals surface area contributed by atoms with Gasteiger partial charge in [-0.15, -0.1) is 12.4 Å². The molecule has 5 nitrogen and oxygen atoms in total. The topological polar surface area (TPSA) is 61.4 Å². The first-order valence-electron chi connectivity index (χ1n) is 10.2. The highest BCUT2D eigenvalue weighted by Gasteiger charge is 2.33. The van der Waals surface area contributed by atoms with Crippen molar-refractivity contribution in [3.05, 3.63) is 0 Å². The third kappa shape index (κ3) is 7.43. The summed E-state index contributed by atoms with van der Waals surface area (Å²) in [7, 11) is 0. The van der Waals surface area contributed by atoms with Crippen molar-refractivity contribution in [3.8, 4) is 0 Å². The van der Waals surface area contributed by atoms with E-state index in [2.05, 4.69) is 10.6 Å². The van der Waals surface area contributed by atoms with Gasteiger partial charge in [-0.3, -0.25) is 9.59 Å². The number of carbonyl (C=O) groups excluding carboxylic acids is 2. The average Bonchev–Trinajstić information content (AvgIpc) is 2.86. The van der Waals surface area contributed by atoms with Gasteiger partial charge >= 0.3 is 0 Å². The fourth-order valence-electron chi connectivity index (χ4n) is 3.94. The molecule has 1 heterocycles. The molecule has 6 heteroatoms. The van der Waals surface area contributed by atoms with Gasteiger partial charge in [0.15, 0.2) is 0 Å². The van der Waals surface area contributed by atoms with Gasteiger partial charge in [-0.2, -0.15) is 0 Å². The van der Waals surface area contributed by atoms with Gasteiger partial charge in [-0.1, -0.05) is 46.5 Å². The standard InChI is InChI=1S/C20H37N3O2.ClH/c1-20(2,3)19(25)23-14-8-9-16(15-23)18(24)22-13-12-21-17-10-6-4-5-7-11-17;/h16-17,21H,4-15H2,1-3H3,(H,22,24);1H. The van der Waals surface area contributed by atoms with Gasteiger partial charge < -0.3 is 15.5 Å². The number of halogens is 1. The lowest BCUT2D eigenvalue weighted by Gasteiger charge is -2.35. The maximum Gasteiger partial charge on any atom is 0.227 e. The predicted molar refractivity (Wildman–Crippen MR) is 109 cm³/mol. The van der Waals surface area contributed by atoms with E-state index in [1.54, 1.807) is 0 Å². The molecule has 2 N–H and O–H groups in total. The van der Waals surface area contributed by atoms with Gasteiger partial charge in [0.2, 0.25) is 11.8 Å². The van der Waals surface area contributed by atoms with Gasteiger partial charge in [-0.05, 0) is 25.7 Å². The Labute approximate surface area is 165 Å². The van der Waals surface area contributed by atoms with Crippen molar-refractivity contribution in [1.82, 2.24) is 15.5 Å². The maximum atomic E-state index is 12.4. The zero-order valence-corrected chi connectivity index (χ0v) is 17.6. The molecule has 0 aromatic rings.